The van der Waals surface area contributed by atoms with Crippen LogP contribution in [0, 0.1) is 0 Å². The van der Waals surface area contributed by atoms with Gasteiger partial charge in [0.2, 0.25) is 0 Å². The minimum absolute atomic E-state index is 0.198. The second-order valence-corrected chi connectivity index (χ2v) is 9.48. The molecule has 0 spiro atoms. The minimum Gasteiger partial charge on any atom is -0.346 e. The Bertz CT molecular complexity index is 852. The molecule has 2 amide bonds. The van der Waals surface area contributed by atoms with Crippen LogP contribution in [0.4, 0.5) is 0 Å². The van der Waals surface area contributed by atoms with Crippen LogP contribution in [-0.2, 0) is 19.4 Å². The summed E-state index contributed by atoms with van der Waals surface area (Å²) in [6.07, 6.45) is 2.99. The zero-order chi connectivity index (χ0) is 19.9. The summed E-state index contributed by atoms with van der Waals surface area (Å²) in [5.41, 5.74) is 0.447. The number of carbonyl (C=O) groups is 2. The quantitative estimate of drug-likeness (QED) is 0.485. The first-order valence-corrected chi connectivity index (χ1v) is 10.8. The molecule has 146 valence electrons. The summed E-state index contributed by atoms with van der Waals surface area (Å²) in [7, 11) is 0.130. The predicted octanol–water partition coefficient (Wildman–Crippen LogP) is -0.965. The summed E-state index contributed by atoms with van der Waals surface area (Å²) in [6, 6.07) is 6.43. The summed E-state index contributed by atoms with van der Waals surface area (Å²) >= 11 is 1.10. The standard InChI is InChI=1S/C17H22N4O4S2/c1-21(2)9-8-19-16(22)17(23)20-12-14(13-5-3-7-18-11-13)27(24,25)15-6-4-10-26-15/h3-7,10-11,14H,8-9,12H2,1-2H3,(H,19,22)(H,20,23)/p+1/t14-/m1/s1. The SMILES string of the molecule is C[NH+](C)CCNC(=O)C(=O)NC[C@H](c1cccnc1)S(=O)(=O)c1cccs1. The van der Waals surface area contributed by atoms with Crippen molar-refractivity contribution < 1.29 is 22.9 Å². The highest BCUT2D eigenvalue weighted by Crippen LogP contribution is 2.30. The van der Waals surface area contributed by atoms with Gasteiger partial charge in [0.05, 0.1) is 27.2 Å². The molecule has 0 radical (unpaired) electrons. The van der Waals surface area contributed by atoms with E-state index in [1.165, 1.54) is 18.5 Å². The number of quaternary nitrogens is 1. The molecular formula is C17H23N4O4S2+. The van der Waals surface area contributed by atoms with Crippen molar-refractivity contribution >= 4 is 33.0 Å². The van der Waals surface area contributed by atoms with E-state index in [1.807, 2.05) is 14.1 Å². The fraction of sp³-hybridized carbons (Fsp3) is 0.353. The van der Waals surface area contributed by atoms with Crippen molar-refractivity contribution in [1.29, 1.82) is 0 Å². The number of nitrogens with one attached hydrogen (secondary N) is 3. The van der Waals surface area contributed by atoms with E-state index in [0.29, 0.717) is 18.7 Å². The smallest absolute Gasteiger partial charge is 0.309 e. The van der Waals surface area contributed by atoms with Crippen LogP contribution in [0.15, 0.2) is 46.2 Å². The van der Waals surface area contributed by atoms with Crippen LogP contribution < -0.4 is 15.5 Å². The third-order valence-corrected chi connectivity index (χ3v) is 7.30. The van der Waals surface area contributed by atoms with E-state index in [4.69, 9.17) is 0 Å². The third kappa shape index (κ3) is 5.84. The Kier molecular flexibility index (Phi) is 7.45. The fourth-order valence-corrected chi connectivity index (χ4v) is 5.16. The zero-order valence-corrected chi connectivity index (χ0v) is 16.8. The molecule has 1 atom stereocenters. The number of hydrogen-bond acceptors (Lipinski definition) is 6. The molecule has 2 heterocycles. The van der Waals surface area contributed by atoms with Crippen LogP contribution >= 0.6 is 11.3 Å². The number of sulfone groups is 1. The van der Waals surface area contributed by atoms with Gasteiger partial charge in [-0.25, -0.2) is 8.42 Å². The molecule has 0 aliphatic carbocycles. The number of pyridine rings is 1. The molecule has 3 N–H and O–H groups in total. The molecule has 2 aromatic rings. The first-order chi connectivity index (χ1) is 12.8. The molecule has 0 aliphatic rings. The lowest BCUT2D eigenvalue weighted by Gasteiger charge is -2.17. The average molecular weight is 412 g/mol. The van der Waals surface area contributed by atoms with Crippen LogP contribution in [0.5, 0.6) is 0 Å². The molecule has 0 aromatic carbocycles. The normalized spacial score (nSPS) is 12.6. The molecule has 0 aliphatic heterocycles. The van der Waals surface area contributed by atoms with E-state index in [-0.39, 0.29) is 10.8 Å². The number of hydrogen-bond donors (Lipinski definition) is 3. The highest BCUT2D eigenvalue weighted by molar-refractivity contribution is 7.93. The fourth-order valence-electron chi connectivity index (χ4n) is 2.31. The van der Waals surface area contributed by atoms with Crippen molar-refractivity contribution in [3.05, 3.63) is 47.6 Å². The van der Waals surface area contributed by atoms with Gasteiger partial charge in [-0.05, 0) is 23.1 Å². The predicted molar refractivity (Wildman–Crippen MR) is 102 cm³/mol. The Morgan fingerprint density at radius 2 is 1.93 bits per heavy atom. The van der Waals surface area contributed by atoms with E-state index in [0.717, 1.165) is 16.2 Å². The van der Waals surface area contributed by atoms with Gasteiger partial charge in [-0.1, -0.05) is 12.1 Å². The summed E-state index contributed by atoms with van der Waals surface area (Å²) in [6.45, 7) is 0.801. The largest absolute Gasteiger partial charge is 0.346 e. The molecule has 2 rings (SSSR count). The number of amides is 2. The lowest BCUT2D eigenvalue weighted by Crippen LogP contribution is -3.06. The number of likely N-dealkylation sites (N-methyl/N-ethyl adjacent to an activating group) is 1. The van der Waals surface area contributed by atoms with Gasteiger partial charge in [-0.15, -0.1) is 11.3 Å². The van der Waals surface area contributed by atoms with Crippen molar-refractivity contribution in [3.8, 4) is 0 Å². The molecule has 0 fully saturated rings. The first kappa shape index (κ1) is 21.0. The number of carbonyl (C=O) groups excluding carboxylic acids is 2. The van der Waals surface area contributed by atoms with E-state index >= 15 is 0 Å². The second kappa shape index (κ2) is 9.58. The average Bonchev–Trinajstić information content (AvgIpc) is 3.17. The maximum absolute atomic E-state index is 13.0. The molecule has 0 saturated carbocycles. The minimum atomic E-state index is -3.73. The lowest BCUT2D eigenvalue weighted by atomic mass is 10.2. The maximum atomic E-state index is 13.0. The van der Waals surface area contributed by atoms with E-state index in [2.05, 4.69) is 15.6 Å². The molecule has 2 aromatic heterocycles. The van der Waals surface area contributed by atoms with Crippen LogP contribution in [-0.4, -0.2) is 58.9 Å². The summed E-state index contributed by atoms with van der Waals surface area (Å²) in [4.78, 5) is 29.0. The third-order valence-electron chi connectivity index (χ3n) is 3.77. The van der Waals surface area contributed by atoms with E-state index in [1.54, 1.807) is 23.6 Å². The Morgan fingerprint density at radius 1 is 1.19 bits per heavy atom. The van der Waals surface area contributed by atoms with Crippen LogP contribution in [0.1, 0.15) is 10.8 Å². The van der Waals surface area contributed by atoms with Gasteiger partial charge in [0.1, 0.15) is 9.46 Å². The number of nitrogens with zero attached hydrogens (tertiary/aromatic N) is 1. The molecule has 8 nitrogen and oxygen atoms in total. The Morgan fingerprint density at radius 3 is 2.52 bits per heavy atom. The van der Waals surface area contributed by atoms with Gasteiger partial charge >= 0.3 is 11.8 Å². The van der Waals surface area contributed by atoms with Crippen molar-refractivity contribution in [3.63, 3.8) is 0 Å². The van der Waals surface area contributed by atoms with Gasteiger partial charge in [-0.3, -0.25) is 14.6 Å². The number of rotatable bonds is 8. The van der Waals surface area contributed by atoms with Gasteiger partial charge in [0.15, 0.2) is 9.84 Å². The molecule has 0 bridgehead atoms. The van der Waals surface area contributed by atoms with Gasteiger partial charge in [-0.2, -0.15) is 0 Å². The van der Waals surface area contributed by atoms with Crippen molar-refractivity contribution in [2.75, 3.05) is 33.7 Å². The second-order valence-electron chi connectivity index (χ2n) is 6.18. The monoisotopic (exact) mass is 411 g/mol. The van der Waals surface area contributed by atoms with Crippen LogP contribution in [0.25, 0.3) is 0 Å². The Hall–Kier alpha value is -2.30. The zero-order valence-electron chi connectivity index (χ0n) is 15.1. The van der Waals surface area contributed by atoms with E-state index in [9.17, 15) is 18.0 Å². The first-order valence-electron chi connectivity index (χ1n) is 8.34. The van der Waals surface area contributed by atoms with Crippen LogP contribution in [0.2, 0.25) is 0 Å². The van der Waals surface area contributed by atoms with Gasteiger partial charge in [0.25, 0.3) is 0 Å². The maximum Gasteiger partial charge on any atom is 0.309 e. The van der Waals surface area contributed by atoms with E-state index < -0.39 is 26.9 Å². The molecule has 10 heteroatoms. The highest BCUT2D eigenvalue weighted by Gasteiger charge is 2.31. The highest BCUT2D eigenvalue weighted by atomic mass is 32.2. The van der Waals surface area contributed by atoms with Crippen molar-refractivity contribution in [1.82, 2.24) is 15.6 Å². The molecule has 0 unspecified atom stereocenters. The van der Waals surface area contributed by atoms with Gasteiger partial charge < -0.3 is 15.5 Å². The Balaban J connectivity index is 2.10. The van der Waals surface area contributed by atoms with Crippen LogP contribution in [0.3, 0.4) is 0 Å². The molecule has 27 heavy (non-hydrogen) atoms. The van der Waals surface area contributed by atoms with Crippen molar-refractivity contribution in [2.45, 2.75) is 9.46 Å². The molecular weight excluding hydrogens is 388 g/mol. The van der Waals surface area contributed by atoms with Crippen molar-refractivity contribution in [2.24, 2.45) is 0 Å². The number of thiophene rings is 1. The Labute approximate surface area is 162 Å². The molecule has 0 saturated heterocycles. The summed E-state index contributed by atoms with van der Waals surface area (Å²) in [5.74, 6) is -1.64. The lowest BCUT2D eigenvalue weighted by molar-refractivity contribution is -0.856. The topological polar surface area (TPSA) is 110 Å². The summed E-state index contributed by atoms with van der Waals surface area (Å²) in [5, 5.41) is 5.58. The number of aromatic nitrogens is 1. The summed E-state index contributed by atoms with van der Waals surface area (Å²) < 4.78 is 26.1. The van der Waals surface area contributed by atoms with Gasteiger partial charge in [0, 0.05) is 18.9 Å².